The number of hydrogen-bond donors (Lipinski definition) is 1. The Hall–Kier alpha value is -2.79. The van der Waals surface area contributed by atoms with Gasteiger partial charge in [-0.1, -0.05) is 12.1 Å². The molecule has 0 aromatic heterocycles. The third-order valence-electron chi connectivity index (χ3n) is 5.18. The van der Waals surface area contributed by atoms with Gasteiger partial charge in [0.2, 0.25) is 0 Å². The van der Waals surface area contributed by atoms with Gasteiger partial charge in [-0.15, -0.1) is 0 Å². The first-order valence-corrected chi connectivity index (χ1v) is 11.1. The lowest BCUT2D eigenvalue weighted by molar-refractivity contribution is -0.138. The van der Waals surface area contributed by atoms with Gasteiger partial charge in [-0.3, -0.25) is 4.55 Å². The molecule has 11 heteroatoms. The minimum Gasteiger partial charge on any atom is -0.493 e. The van der Waals surface area contributed by atoms with Gasteiger partial charge in [0, 0.05) is 5.56 Å². The van der Waals surface area contributed by atoms with Crippen LogP contribution in [-0.4, -0.2) is 39.3 Å². The zero-order valence-corrected chi connectivity index (χ0v) is 18.0. The monoisotopic (exact) mass is 474 g/mol. The first-order chi connectivity index (χ1) is 15.0. The van der Waals surface area contributed by atoms with E-state index in [1.165, 1.54) is 25.3 Å². The van der Waals surface area contributed by atoms with Crippen LogP contribution in [0, 0.1) is 0 Å². The van der Waals surface area contributed by atoms with Gasteiger partial charge in [0.15, 0.2) is 11.5 Å². The summed E-state index contributed by atoms with van der Waals surface area (Å²) < 4.78 is 90.3. The fraction of sp³-hybridized carbons (Fsp3) is 0.381. The van der Waals surface area contributed by atoms with E-state index in [4.69, 9.17) is 9.47 Å². The molecule has 0 radical (unpaired) electrons. The van der Waals surface area contributed by atoms with Crippen molar-refractivity contribution in [2.45, 2.75) is 42.9 Å². The Morgan fingerprint density at radius 2 is 1.72 bits per heavy atom. The maximum absolute atomic E-state index is 13.5. The summed E-state index contributed by atoms with van der Waals surface area (Å²) in [6.45, 7) is 0. The van der Waals surface area contributed by atoms with Crippen molar-refractivity contribution >= 4 is 16.1 Å². The summed E-state index contributed by atoms with van der Waals surface area (Å²) in [5.74, 6) is -0.949. The van der Waals surface area contributed by atoms with Gasteiger partial charge < -0.3 is 14.2 Å². The molecule has 2 aromatic rings. The van der Waals surface area contributed by atoms with Crippen molar-refractivity contribution in [1.82, 2.24) is 0 Å². The van der Waals surface area contributed by atoms with Crippen molar-refractivity contribution in [2.75, 3.05) is 14.2 Å². The SMILES string of the molecule is COC(=O)c1c(C(F)(F)F)ccc(-c2ccc(OC)c(OC3CCCC3)c2)c1S(=O)(=O)O. The average molecular weight is 474 g/mol. The van der Waals surface area contributed by atoms with Crippen LogP contribution >= 0.6 is 0 Å². The molecule has 0 aliphatic heterocycles. The number of halogens is 3. The van der Waals surface area contributed by atoms with Crippen molar-refractivity contribution in [3.05, 3.63) is 41.5 Å². The Bertz CT molecular complexity index is 1120. The second-order valence-electron chi connectivity index (χ2n) is 7.22. The van der Waals surface area contributed by atoms with E-state index in [1.807, 2.05) is 0 Å². The van der Waals surface area contributed by atoms with Gasteiger partial charge in [-0.05, 0) is 49.4 Å². The number of rotatable bonds is 6. The molecule has 0 atom stereocenters. The highest BCUT2D eigenvalue weighted by atomic mass is 32.2. The molecule has 1 fully saturated rings. The van der Waals surface area contributed by atoms with E-state index in [2.05, 4.69) is 4.74 Å². The molecule has 32 heavy (non-hydrogen) atoms. The third kappa shape index (κ3) is 4.83. The summed E-state index contributed by atoms with van der Waals surface area (Å²) in [6, 6.07) is 5.69. The Morgan fingerprint density at radius 1 is 1.06 bits per heavy atom. The minimum atomic E-state index is -5.27. The third-order valence-corrected chi connectivity index (χ3v) is 6.12. The average Bonchev–Trinajstić information content (AvgIpc) is 3.23. The summed E-state index contributed by atoms with van der Waals surface area (Å²) in [6.07, 6.45) is -1.55. The number of benzene rings is 2. The van der Waals surface area contributed by atoms with E-state index >= 15 is 0 Å². The van der Waals surface area contributed by atoms with E-state index in [9.17, 15) is 30.9 Å². The standard InChI is InChI=1S/C21H21F3O7S/c1-29-16-10-7-12(11-17(16)31-13-5-3-4-6-13)14-8-9-15(21(22,23)24)18(20(25)30-2)19(14)32(26,27)28/h7-11,13H,3-6H2,1-2H3,(H,26,27,28). The number of carbonyl (C=O) groups excluding carboxylic acids is 1. The van der Waals surface area contributed by atoms with Gasteiger partial charge in [0.05, 0.1) is 31.5 Å². The van der Waals surface area contributed by atoms with Gasteiger partial charge in [0.1, 0.15) is 4.90 Å². The fourth-order valence-electron chi connectivity index (χ4n) is 3.74. The molecule has 1 aliphatic carbocycles. The first kappa shape index (κ1) is 23.9. The number of alkyl halides is 3. The Kier molecular flexibility index (Phi) is 6.70. The highest BCUT2D eigenvalue weighted by Crippen LogP contribution is 2.42. The van der Waals surface area contributed by atoms with E-state index < -0.39 is 38.3 Å². The van der Waals surface area contributed by atoms with Crippen molar-refractivity contribution in [3.63, 3.8) is 0 Å². The molecular formula is C21H21F3O7S. The molecule has 7 nitrogen and oxygen atoms in total. The van der Waals surface area contributed by atoms with Crippen LogP contribution in [0.3, 0.4) is 0 Å². The van der Waals surface area contributed by atoms with E-state index in [-0.39, 0.29) is 23.0 Å². The zero-order valence-electron chi connectivity index (χ0n) is 17.2. The van der Waals surface area contributed by atoms with Crippen LogP contribution in [0.2, 0.25) is 0 Å². The summed E-state index contributed by atoms with van der Waals surface area (Å²) in [5, 5.41) is 0. The first-order valence-electron chi connectivity index (χ1n) is 9.62. The molecule has 0 unspecified atom stereocenters. The Balaban J connectivity index is 2.27. The van der Waals surface area contributed by atoms with Crippen molar-refractivity contribution < 1.29 is 45.1 Å². The van der Waals surface area contributed by atoms with Crippen LogP contribution < -0.4 is 9.47 Å². The van der Waals surface area contributed by atoms with E-state index in [0.29, 0.717) is 11.8 Å². The van der Waals surface area contributed by atoms with Gasteiger partial charge in [-0.2, -0.15) is 21.6 Å². The zero-order chi connectivity index (χ0) is 23.7. The lowest BCUT2D eigenvalue weighted by Crippen LogP contribution is -2.19. The van der Waals surface area contributed by atoms with E-state index in [1.54, 1.807) is 0 Å². The summed E-state index contributed by atoms with van der Waals surface area (Å²) in [4.78, 5) is 11.0. The topological polar surface area (TPSA) is 99.1 Å². The van der Waals surface area contributed by atoms with E-state index in [0.717, 1.165) is 38.9 Å². The van der Waals surface area contributed by atoms with Crippen LogP contribution in [0.5, 0.6) is 11.5 Å². The van der Waals surface area contributed by atoms with Gasteiger partial charge in [0.25, 0.3) is 10.1 Å². The quantitative estimate of drug-likeness (QED) is 0.477. The highest BCUT2D eigenvalue weighted by Gasteiger charge is 2.40. The Morgan fingerprint density at radius 3 is 2.25 bits per heavy atom. The maximum atomic E-state index is 13.5. The lowest BCUT2D eigenvalue weighted by atomic mass is 9.98. The summed E-state index contributed by atoms with van der Waals surface area (Å²) >= 11 is 0. The smallest absolute Gasteiger partial charge is 0.417 e. The largest absolute Gasteiger partial charge is 0.493 e. The fourth-order valence-corrected chi connectivity index (χ4v) is 4.66. The molecule has 174 valence electrons. The minimum absolute atomic E-state index is 0.0848. The number of carbonyl (C=O) groups is 1. The van der Waals surface area contributed by atoms with Crippen molar-refractivity contribution in [1.29, 1.82) is 0 Å². The number of esters is 1. The van der Waals surface area contributed by atoms with Gasteiger partial charge >= 0.3 is 12.1 Å². The number of methoxy groups -OCH3 is 2. The molecule has 0 heterocycles. The molecular weight excluding hydrogens is 453 g/mol. The van der Waals surface area contributed by atoms with Gasteiger partial charge in [-0.25, -0.2) is 4.79 Å². The molecule has 1 N–H and O–H groups in total. The second kappa shape index (κ2) is 8.99. The molecule has 0 bridgehead atoms. The molecule has 0 saturated heterocycles. The van der Waals surface area contributed by atoms with Crippen molar-refractivity contribution in [2.24, 2.45) is 0 Å². The molecule has 3 rings (SSSR count). The molecule has 0 amide bonds. The predicted molar refractivity (Wildman–Crippen MR) is 107 cm³/mol. The molecule has 2 aromatic carbocycles. The van der Waals surface area contributed by atoms with Crippen LogP contribution in [0.1, 0.15) is 41.6 Å². The van der Waals surface area contributed by atoms with Crippen LogP contribution in [-0.2, 0) is 21.0 Å². The lowest BCUT2D eigenvalue weighted by Gasteiger charge is -2.19. The molecule has 1 aliphatic rings. The van der Waals surface area contributed by atoms with Crippen LogP contribution in [0.4, 0.5) is 13.2 Å². The Labute approximate surface area is 182 Å². The van der Waals surface area contributed by atoms with Crippen molar-refractivity contribution in [3.8, 4) is 22.6 Å². The second-order valence-corrected chi connectivity index (χ2v) is 8.58. The normalized spacial score (nSPS) is 14.9. The number of hydrogen-bond acceptors (Lipinski definition) is 6. The summed E-state index contributed by atoms with van der Waals surface area (Å²) in [5.41, 5.74) is -3.06. The molecule has 0 spiro atoms. The predicted octanol–water partition coefficient (Wildman–Crippen LogP) is 4.74. The van der Waals surface area contributed by atoms with Crippen LogP contribution in [0.25, 0.3) is 11.1 Å². The maximum Gasteiger partial charge on any atom is 0.417 e. The molecule has 1 saturated carbocycles. The summed E-state index contributed by atoms with van der Waals surface area (Å²) in [7, 11) is -3.05. The number of ether oxygens (including phenoxy) is 3. The van der Waals surface area contributed by atoms with Crippen LogP contribution in [0.15, 0.2) is 35.2 Å². The highest BCUT2D eigenvalue weighted by molar-refractivity contribution is 7.86.